The van der Waals surface area contributed by atoms with Gasteiger partial charge in [0.15, 0.2) is 11.2 Å². The highest BCUT2D eigenvalue weighted by Crippen LogP contribution is 2.30. The van der Waals surface area contributed by atoms with E-state index in [2.05, 4.69) is 9.72 Å². The molecule has 126 valence electrons. The smallest absolute Gasteiger partial charge is 0.449 e. The third-order valence-electron chi connectivity index (χ3n) is 3.19. The van der Waals surface area contributed by atoms with Gasteiger partial charge >= 0.3 is 17.8 Å². The molecular weight excluding hydrogens is 321 g/mol. The maximum absolute atomic E-state index is 13.2. The fraction of sp³-hybridized carbons (Fsp3) is 0.500. The second kappa shape index (κ2) is 5.56. The lowest BCUT2D eigenvalue weighted by molar-refractivity contribution is -0.150. The number of ether oxygens (including phenoxy) is 1. The number of nitrogens with zero attached hydrogens (tertiary/aromatic N) is 4. The normalized spacial score (nSPS) is 11.9. The lowest BCUT2D eigenvalue weighted by atomic mass is 10.4. The maximum Gasteiger partial charge on any atom is 0.449 e. The van der Waals surface area contributed by atoms with Crippen LogP contribution in [0.4, 0.5) is 13.2 Å². The zero-order chi connectivity index (χ0) is 17.5. The number of carbonyl (C=O) groups is 1. The Labute approximate surface area is 126 Å². The number of aromatic nitrogens is 4. The Morgan fingerprint density at radius 1 is 1.22 bits per heavy atom. The summed E-state index contributed by atoms with van der Waals surface area (Å²) >= 11 is 0. The monoisotopic (exact) mass is 334 g/mol. The van der Waals surface area contributed by atoms with Crippen LogP contribution in [0.3, 0.4) is 0 Å². The van der Waals surface area contributed by atoms with E-state index < -0.39 is 46.9 Å². The molecule has 2 aromatic heterocycles. The molecule has 0 atom stereocenters. The first kappa shape index (κ1) is 16.8. The predicted octanol–water partition coefficient (Wildman–Crippen LogP) is 0.0156. The molecule has 23 heavy (non-hydrogen) atoms. The highest BCUT2D eigenvalue weighted by atomic mass is 19.4. The van der Waals surface area contributed by atoms with Gasteiger partial charge in [-0.05, 0) is 6.92 Å². The number of rotatable bonds is 3. The first-order valence-corrected chi connectivity index (χ1v) is 6.48. The van der Waals surface area contributed by atoms with Crippen LogP contribution >= 0.6 is 0 Å². The Morgan fingerprint density at radius 3 is 2.35 bits per heavy atom. The SMILES string of the molecule is CCOC(=O)Cn1c(C(F)(F)F)nc2c1c(=O)n(C)c(=O)n2C. The second-order valence-corrected chi connectivity index (χ2v) is 4.70. The number of imidazole rings is 1. The average Bonchev–Trinajstić information content (AvgIpc) is 2.82. The van der Waals surface area contributed by atoms with Gasteiger partial charge in [-0.3, -0.25) is 18.7 Å². The van der Waals surface area contributed by atoms with Crippen LogP contribution in [0.5, 0.6) is 0 Å². The number of aryl methyl sites for hydroxylation is 1. The summed E-state index contributed by atoms with van der Waals surface area (Å²) in [6, 6.07) is 0. The Morgan fingerprint density at radius 2 is 1.83 bits per heavy atom. The van der Waals surface area contributed by atoms with Crippen molar-refractivity contribution in [1.82, 2.24) is 18.7 Å². The first-order valence-electron chi connectivity index (χ1n) is 6.48. The average molecular weight is 334 g/mol. The van der Waals surface area contributed by atoms with Crippen LogP contribution in [0.1, 0.15) is 12.7 Å². The number of esters is 1. The van der Waals surface area contributed by atoms with E-state index in [9.17, 15) is 27.6 Å². The number of halogens is 3. The fourth-order valence-electron chi connectivity index (χ4n) is 2.15. The first-order chi connectivity index (χ1) is 10.6. The van der Waals surface area contributed by atoms with Crippen LogP contribution in [-0.4, -0.2) is 31.3 Å². The van der Waals surface area contributed by atoms with E-state index >= 15 is 0 Å². The zero-order valence-corrected chi connectivity index (χ0v) is 12.5. The lowest BCUT2D eigenvalue weighted by Gasteiger charge is -2.10. The largest absolute Gasteiger partial charge is 0.465 e. The highest BCUT2D eigenvalue weighted by molar-refractivity contribution is 5.76. The van der Waals surface area contributed by atoms with E-state index in [0.29, 0.717) is 9.13 Å². The molecule has 0 saturated carbocycles. The molecule has 2 heterocycles. The van der Waals surface area contributed by atoms with E-state index in [-0.39, 0.29) is 6.61 Å². The molecule has 8 nitrogen and oxygen atoms in total. The number of fused-ring (bicyclic) bond motifs is 1. The third kappa shape index (κ3) is 2.73. The number of carbonyl (C=O) groups excluding carboxylic acids is 1. The molecule has 11 heteroatoms. The molecule has 0 aromatic carbocycles. The van der Waals surface area contributed by atoms with Gasteiger partial charge in [-0.1, -0.05) is 0 Å². The van der Waals surface area contributed by atoms with Crippen molar-refractivity contribution in [2.24, 2.45) is 14.1 Å². The van der Waals surface area contributed by atoms with Gasteiger partial charge in [-0.2, -0.15) is 13.2 Å². The van der Waals surface area contributed by atoms with Crippen LogP contribution in [-0.2, 0) is 36.3 Å². The van der Waals surface area contributed by atoms with E-state index in [1.54, 1.807) is 0 Å². The number of alkyl halides is 3. The van der Waals surface area contributed by atoms with Gasteiger partial charge in [-0.25, -0.2) is 9.78 Å². The van der Waals surface area contributed by atoms with Crippen molar-refractivity contribution < 1.29 is 22.7 Å². The van der Waals surface area contributed by atoms with Crippen LogP contribution in [0.2, 0.25) is 0 Å². The zero-order valence-electron chi connectivity index (χ0n) is 12.5. The predicted molar refractivity (Wildman–Crippen MR) is 71.9 cm³/mol. The van der Waals surface area contributed by atoms with Crippen LogP contribution < -0.4 is 11.2 Å². The number of hydrogen-bond acceptors (Lipinski definition) is 5. The Balaban J connectivity index is 2.88. The van der Waals surface area contributed by atoms with Gasteiger partial charge in [0.25, 0.3) is 5.56 Å². The summed E-state index contributed by atoms with van der Waals surface area (Å²) in [5, 5.41) is 0. The van der Waals surface area contributed by atoms with Gasteiger partial charge in [0, 0.05) is 14.1 Å². The topological polar surface area (TPSA) is 88.1 Å². The summed E-state index contributed by atoms with van der Waals surface area (Å²) in [7, 11) is 2.31. The molecule has 0 aliphatic carbocycles. The van der Waals surface area contributed by atoms with Crippen LogP contribution in [0.25, 0.3) is 11.2 Å². The molecule has 0 amide bonds. The van der Waals surface area contributed by atoms with Crippen molar-refractivity contribution in [3.8, 4) is 0 Å². The van der Waals surface area contributed by atoms with E-state index in [4.69, 9.17) is 0 Å². The Kier molecular flexibility index (Phi) is 4.05. The molecule has 0 radical (unpaired) electrons. The molecule has 2 aromatic rings. The Bertz CT molecular complexity index is 891. The van der Waals surface area contributed by atoms with Gasteiger partial charge in [0.05, 0.1) is 6.61 Å². The summed E-state index contributed by atoms with van der Waals surface area (Å²) in [5.74, 6) is -2.40. The summed E-state index contributed by atoms with van der Waals surface area (Å²) in [4.78, 5) is 38.9. The third-order valence-corrected chi connectivity index (χ3v) is 3.19. The fourth-order valence-corrected chi connectivity index (χ4v) is 2.15. The van der Waals surface area contributed by atoms with Gasteiger partial charge in [-0.15, -0.1) is 0 Å². The van der Waals surface area contributed by atoms with Gasteiger partial charge < -0.3 is 9.30 Å². The minimum absolute atomic E-state index is 0.0245. The Hall–Kier alpha value is -2.59. The summed E-state index contributed by atoms with van der Waals surface area (Å²) < 4.78 is 46.0. The minimum Gasteiger partial charge on any atom is -0.465 e. The van der Waals surface area contributed by atoms with Gasteiger partial charge in [0.2, 0.25) is 5.82 Å². The standard InChI is InChI=1S/C12H13F3N4O4/c1-4-23-6(20)5-19-7-8(16-10(19)12(13,14)15)17(2)11(22)18(3)9(7)21/h4-5H2,1-3H3. The molecule has 0 fully saturated rings. The van der Waals surface area contributed by atoms with Crippen molar-refractivity contribution in [2.45, 2.75) is 19.6 Å². The molecule has 0 N–H and O–H groups in total. The van der Waals surface area contributed by atoms with E-state index in [1.165, 1.54) is 14.0 Å². The van der Waals surface area contributed by atoms with Crippen molar-refractivity contribution in [2.75, 3.05) is 6.61 Å². The summed E-state index contributed by atoms with van der Waals surface area (Å²) in [6.07, 6.45) is -4.91. The van der Waals surface area contributed by atoms with Crippen LogP contribution in [0, 0.1) is 0 Å². The van der Waals surface area contributed by atoms with Crippen LogP contribution in [0.15, 0.2) is 9.59 Å². The molecular formula is C12H13F3N4O4. The molecule has 0 unspecified atom stereocenters. The van der Waals surface area contributed by atoms with Gasteiger partial charge in [0.1, 0.15) is 6.54 Å². The minimum atomic E-state index is -4.91. The lowest BCUT2D eigenvalue weighted by Crippen LogP contribution is -2.37. The summed E-state index contributed by atoms with van der Waals surface area (Å²) in [5.41, 5.74) is -2.74. The van der Waals surface area contributed by atoms with Crippen molar-refractivity contribution in [3.05, 3.63) is 26.7 Å². The van der Waals surface area contributed by atoms with E-state index in [1.807, 2.05) is 0 Å². The van der Waals surface area contributed by atoms with Crippen molar-refractivity contribution in [1.29, 1.82) is 0 Å². The summed E-state index contributed by atoms with van der Waals surface area (Å²) in [6.45, 7) is 0.632. The van der Waals surface area contributed by atoms with E-state index in [0.717, 1.165) is 11.6 Å². The molecule has 0 aliphatic rings. The second-order valence-electron chi connectivity index (χ2n) is 4.70. The van der Waals surface area contributed by atoms with Crippen molar-refractivity contribution >= 4 is 17.1 Å². The molecule has 0 spiro atoms. The number of hydrogen-bond donors (Lipinski definition) is 0. The highest BCUT2D eigenvalue weighted by Gasteiger charge is 2.39. The molecule has 2 rings (SSSR count). The maximum atomic E-state index is 13.2. The molecule has 0 saturated heterocycles. The van der Waals surface area contributed by atoms with Crippen molar-refractivity contribution in [3.63, 3.8) is 0 Å². The molecule has 0 bridgehead atoms. The molecule has 0 aliphatic heterocycles. The quantitative estimate of drug-likeness (QED) is 0.738.